The standard InChI is InChI=1S/C17H14F2O3/c1-17(8-9-20,16(21)22)14-5-3-2-4-12(14)13-7-6-11(18)10-15(13)19/h2-7,9-10H,8H2,1H3,(H,21,22). The van der Waals surface area contributed by atoms with Crippen molar-refractivity contribution >= 4 is 12.3 Å². The van der Waals surface area contributed by atoms with E-state index in [9.17, 15) is 23.5 Å². The van der Waals surface area contributed by atoms with Crippen LogP contribution in [0.4, 0.5) is 8.78 Å². The highest BCUT2D eigenvalue weighted by Gasteiger charge is 2.37. The van der Waals surface area contributed by atoms with E-state index < -0.39 is 23.0 Å². The van der Waals surface area contributed by atoms with Gasteiger partial charge in [0.15, 0.2) is 0 Å². The molecule has 2 aromatic carbocycles. The number of hydrogen-bond donors (Lipinski definition) is 1. The van der Waals surface area contributed by atoms with Crippen molar-refractivity contribution in [3.8, 4) is 11.1 Å². The van der Waals surface area contributed by atoms with E-state index in [1.165, 1.54) is 19.1 Å². The number of halogens is 2. The largest absolute Gasteiger partial charge is 0.481 e. The summed E-state index contributed by atoms with van der Waals surface area (Å²) in [6, 6.07) is 9.44. The van der Waals surface area contributed by atoms with Gasteiger partial charge < -0.3 is 9.90 Å². The summed E-state index contributed by atoms with van der Waals surface area (Å²) in [5, 5.41) is 9.49. The van der Waals surface area contributed by atoms with Crippen LogP contribution >= 0.6 is 0 Å². The van der Waals surface area contributed by atoms with E-state index >= 15 is 0 Å². The van der Waals surface area contributed by atoms with Crippen LogP contribution < -0.4 is 0 Å². The number of benzene rings is 2. The molecule has 1 unspecified atom stereocenters. The Labute approximate surface area is 126 Å². The molecule has 5 heteroatoms. The van der Waals surface area contributed by atoms with Crippen molar-refractivity contribution in [2.75, 3.05) is 0 Å². The third kappa shape index (κ3) is 2.74. The Kier molecular flexibility index (Phi) is 4.35. The zero-order valence-corrected chi connectivity index (χ0v) is 11.8. The molecular weight excluding hydrogens is 290 g/mol. The molecular formula is C17H14F2O3. The second-order valence-electron chi connectivity index (χ2n) is 5.18. The highest BCUT2D eigenvalue weighted by Crippen LogP contribution is 2.36. The van der Waals surface area contributed by atoms with Crippen LogP contribution in [0.2, 0.25) is 0 Å². The van der Waals surface area contributed by atoms with E-state index in [1.807, 2.05) is 0 Å². The SMILES string of the molecule is CC(CC=O)(C(=O)O)c1ccccc1-c1ccc(F)cc1F. The fourth-order valence-electron chi connectivity index (χ4n) is 2.39. The van der Waals surface area contributed by atoms with E-state index in [4.69, 9.17) is 0 Å². The lowest BCUT2D eigenvalue weighted by Gasteiger charge is -2.26. The van der Waals surface area contributed by atoms with Gasteiger partial charge >= 0.3 is 5.97 Å². The first-order valence-electron chi connectivity index (χ1n) is 6.62. The molecule has 0 aromatic heterocycles. The number of hydrogen-bond acceptors (Lipinski definition) is 2. The van der Waals surface area contributed by atoms with Crippen LogP contribution in [-0.4, -0.2) is 17.4 Å². The third-order valence-corrected chi connectivity index (χ3v) is 3.71. The molecule has 2 rings (SSSR count). The van der Waals surface area contributed by atoms with Gasteiger partial charge in [-0.1, -0.05) is 24.3 Å². The van der Waals surface area contributed by atoms with Gasteiger partial charge in [0, 0.05) is 18.1 Å². The molecule has 0 radical (unpaired) electrons. The lowest BCUT2D eigenvalue weighted by Crippen LogP contribution is -2.33. The predicted molar refractivity (Wildman–Crippen MR) is 77.5 cm³/mol. The van der Waals surface area contributed by atoms with Gasteiger partial charge in [-0.25, -0.2) is 8.78 Å². The van der Waals surface area contributed by atoms with Crippen LogP contribution in [0.1, 0.15) is 18.9 Å². The van der Waals surface area contributed by atoms with Crippen LogP contribution in [-0.2, 0) is 15.0 Å². The monoisotopic (exact) mass is 304 g/mol. The molecule has 1 atom stereocenters. The maximum absolute atomic E-state index is 14.0. The van der Waals surface area contributed by atoms with Crippen molar-refractivity contribution in [3.63, 3.8) is 0 Å². The molecule has 2 aromatic rings. The first-order chi connectivity index (χ1) is 10.4. The summed E-state index contributed by atoms with van der Waals surface area (Å²) in [7, 11) is 0. The van der Waals surface area contributed by atoms with Crippen LogP contribution in [0.5, 0.6) is 0 Å². The van der Waals surface area contributed by atoms with Crippen molar-refractivity contribution in [1.82, 2.24) is 0 Å². The molecule has 0 aliphatic rings. The molecule has 0 aliphatic heterocycles. The minimum atomic E-state index is -1.49. The van der Waals surface area contributed by atoms with E-state index in [0.29, 0.717) is 17.4 Å². The molecule has 22 heavy (non-hydrogen) atoms. The van der Waals surface area contributed by atoms with Crippen molar-refractivity contribution in [2.24, 2.45) is 0 Å². The Morgan fingerprint density at radius 3 is 2.45 bits per heavy atom. The van der Waals surface area contributed by atoms with Crippen molar-refractivity contribution in [3.05, 3.63) is 59.7 Å². The van der Waals surface area contributed by atoms with Gasteiger partial charge in [0.25, 0.3) is 0 Å². The third-order valence-electron chi connectivity index (χ3n) is 3.71. The smallest absolute Gasteiger partial charge is 0.314 e. The van der Waals surface area contributed by atoms with Gasteiger partial charge in [0.2, 0.25) is 0 Å². The molecule has 0 amide bonds. The van der Waals surface area contributed by atoms with Gasteiger partial charge in [-0.05, 0) is 30.2 Å². The van der Waals surface area contributed by atoms with Gasteiger partial charge in [0.1, 0.15) is 17.9 Å². The summed E-state index contributed by atoms with van der Waals surface area (Å²) in [6.07, 6.45) is 0.272. The second kappa shape index (κ2) is 6.05. The molecule has 0 aliphatic carbocycles. The van der Waals surface area contributed by atoms with E-state index in [-0.39, 0.29) is 12.0 Å². The zero-order chi connectivity index (χ0) is 16.3. The van der Waals surface area contributed by atoms with Crippen molar-refractivity contribution in [1.29, 1.82) is 0 Å². The highest BCUT2D eigenvalue weighted by molar-refractivity contribution is 5.87. The zero-order valence-electron chi connectivity index (χ0n) is 11.8. The molecule has 0 saturated heterocycles. The average Bonchev–Trinajstić information content (AvgIpc) is 2.47. The first kappa shape index (κ1) is 15.8. The van der Waals surface area contributed by atoms with Crippen molar-refractivity contribution < 1.29 is 23.5 Å². The van der Waals surface area contributed by atoms with Gasteiger partial charge in [-0.2, -0.15) is 0 Å². The minimum Gasteiger partial charge on any atom is -0.481 e. The van der Waals surface area contributed by atoms with Crippen LogP contribution in [0.3, 0.4) is 0 Å². The first-order valence-corrected chi connectivity index (χ1v) is 6.62. The fourth-order valence-corrected chi connectivity index (χ4v) is 2.39. The molecule has 114 valence electrons. The second-order valence-corrected chi connectivity index (χ2v) is 5.18. The molecule has 0 bridgehead atoms. The Bertz CT molecular complexity index is 728. The number of carboxylic acid groups (broad SMARTS) is 1. The number of carbonyl (C=O) groups excluding carboxylic acids is 1. The minimum absolute atomic E-state index is 0.0929. The Balaban J connectivity index is 2.69. The maximum Gasteiger partial charge on any atom is 0.314 e. The molecule has 0 heterocycles. The number of carbonyl (C=O) groups is 2. The summed E-state index contributed by atoms with van der Waals surface area (Å²) in [6.45, 7) is 1.41. The lowest BCUT2D eigenvalue weighted by atomic mass is 9.76. The fraction of sp³-hybridized carbons (Fsp3) is 0.176. The Morgan fingerprint density at radius 2 is 1.86 bits per heavy atom. The lowest BCUT2D eigenvalue weighted by molar-refractivity contribution is -0.144. The Morgan fingerprint density at radius 1 is 1.18 bits per heavy atom. The van der Waals surface area contributed by atoms with E-state index in [2.05, 4.69) is 0 Å². The van der Waals surface area contributed by atoms with E-state index in [0.717, 1.165) is 12.1 Å². The van der Waals surface area contributed by atoms with Gasteiger partial charge in [-0.15, -0.1) is 0 Å². The maximum atomic E-state index is 14.0. The molecule has 1 N–H and O–H groups in total. The molecule has 0 saturated carbocycles. The van der Waals surface area contributed by atoms with Crippen molar-refractivity contribution in [2.45, 2.75) is 18.8 Å². The number of carboxylic acids is 1. The molecule has 3 nitrogen and oxygen atoms in total. The van der Waals surface area contributed by atoms with Gasteiger partial charge in [-0.3, -0.25) is 4.79 Å². The van der Waals surface area contributed by atoms with Gasteiger partial charge in [0.05, 0.1) is 5.41 Å². The summed E-state index contributed by atoms with van der Waals surface area (Å²) < 4.78 is 27.1. The summed E-state index contributed by atoms with van der Waals surface area (Å²) in [4.78, 5) is 22.5. The summed E-state index contributed by atoms with van der Waals surface area (Å²) >= 11 is 0. The number of aliphatic carboxylic acids is 1. The van der Waals surface area contributed by atoms with Crippen LogP contribution in [0.15, 0.2) is 42.5 Å². The number of rotatable bonds is 5. The number of aldehydes is 1. The normalized spacial score (nSPS) is 13.4. The average molecular weight is 304 g/mol. The molecule has 0 spiro atoms. The quantitative estimate of drug-likeness (QED) is 0.859. The summed E-state index contributed by atoms with van der Waals surface area (Å²) in [5.74, 6) is -2.69. The van der Waals surface area contributed by atoms with Crippen LogP contribution in [0, 0.1) is 11.6 Å². The molecule has 0 fully saturated rings. The highest BCUT2D eigenvalue weighted by atomic mass is 19.1. The predicted octanol–water partition coefficient (Wildman–Crippen LogP) is 3.56. The van der Waals surface area contributed by atoms with Crippen LogP contribution in [0.25, 0.3) is 11.1 Å². The Hall–Kier alpha value is -2.56. The topological polar surface area (TPSA) is 54.4 Å². The van der Waals surface area contributed by atoms with E-state index in [1.54, 1.807) is 18.2 Å². The summed E-state index contributed by atoms with van der Waals surface area (Å²) in [5.41, 5.74) is -0.763.